The maximum absolute atomic E-state index is 5.41. The molecule has 0 aliphatic carbocycles. The smallest absolute Gasteiger partial charge is 0.0717 e. The van der Waals surface area contributed by atoms with E-state index in [9.17, 15) is 0 Å². The van der Waals surface area contributed by atoms with Crippen LogP contribution in [0.25, 0.3) is 0 Å². The molecule has 0 aliphatic heterocycles. The molecule has 0 N–H and O–H groups in total. The predicted molar refractivity (Wildman–Crippen MR) is 67.7 cm³/mol. The Labute approximate surface area is 100 Å². The van der Waals surface area contributed by atoms with E-state index in [0.717, 1.165) is 17.6 Å². The van der Waals surface area contributed by atoms with Crippen molar-refractivity contribution in [1.29, 1.82) is 0 Å². The van der Waals surface area contributed by atoms with Crippen LogP contribution >= 0.6 is 45.2 Å². The summed E-state index contributed by atoms with van der Waals surface area (Å²) in [4.78, 5) is 0. The van der Waals surface area contributed by atoms with Gasteiger partial charge in [-0.2, -0.15) is 0 Å². The largest absolute Gasteiger partial charge is 0.376 e. The van der Waals surface area contributed by atoms with Crippen LogP contribution in [0.15, 0.2) is 24.3 Å². The van der Waals surface area contributed by atoms with E-state index in [1.807, 2.05) is 0 Å². The third-order valence-corrected chi connectivity index (χ3v) is 2.49. The van der Waals surface area contributed by atoms with E-state index < -0.39 is 0 Å². The minimum absolute atomic E-state index is 0.736. The van der Waals surface area contributed by atoms with Gasteiger partial charge in [0.25, 0.3) is 0 Å². The number of rotatable bonds is 4. The molecule has 0 fully saturated rings. The first-order chi connectivity index (χ1) is 5.83. The first kappa shape index (κ1) is 10.7. The van der Waals surface area contributed by atoms with Gasteiger partial charge in [0.2, 0.25) is 0 Å². The summed E-state index contributed by atoms with van der Waals surface area (Å²) in [6.07, 6.45) is 0. The Morgan fingerprint density at radius 1 is 1.33 bits per heavy atom. The normalized spacial score (nSPS) is 10.2. The van der Waals surface area contributed by atoms with Crippen LogP contribution in [0.4, 0.5) is 0 Å². The lowest BCUT2D eigenvalue weighted by molar-refractivity contribution is 0.138. The third kappa shape index (κ3) is 4.04. The number of benzene rings is 1. The van der Waals surface area contributed by atoms with E-state index in [1.165, 1.54) is 9.13 Å². The van der Waals surface area contributed by atoms with Crippen LogP contribution in [0.5, 0.6) is 0 Å². The summed E-state index contributed by atoms with van der Waals surface area (Å²) in [6, 6.07) is 8.38. The van der Waals surface area contributed by atoms with Gasteiger partial charge >= 0.3 is 0 Å². The van der Waals surface area contributed by atoms with Crippen LogP contribution in [0.2, 0.25) is 0 Å². The van der Waals surface area contributed by atoms with Crippen molar-refractivity contribution in [3.05, 3.63) is 33.4 Å². The van der Waals surface area contributed by atoms with Gasteiger partial charge in [-0.1, -0.05) is 34.7 Å². The quantitative estimate of drug-likeness (QED) is 0.438. The van der Waals surface area contributed by atoms with Crippen molar-refractivity contribution in [3.8, 4) is 0 Å². The van der Waals surface area contributed by atoms with Gasteiger partial charge in [-0.3, -0.25) is 0 Å². The van der Waals surface area contributed by atoms with Crippen LogP contribution in [0.1, 0.15) is 5.56 Å². The predicted octanol–water partition coefficient (Wildman–Crippen LogP) is 3.24. The summed E-state index contributed by atoms with van der Waals surface area (Å²) in [7, 11) is 0. The molecule has 0 unspecified atom stereocenters. The van der Waals surface area contributed by atoms with Gasteiger partial charge < -0.3 is 4.74 Å². The maximum atomic E-state index is 5.41. The van der Waals surface area contributed by atoms with Gasteiger partial charge in [-0.25, -0.2) is 0 Å². The lowest BCUT2D eigenvalue weighted by Gasteiger charge is -2.02. The SMILES string of the molecule is ICCOCc1cccc(I)c1. The van der Waals surface area contributed by atoms with E-state index >= 15 is 0 Å². The van der Waals surface area contributed by atoms with Crippen molar-refractivity contribution in [2.75, 3.05) is 11.0 Å². The molecule has 3 heteroatoms. The van der Waals surface area contributed by atoms with Gasteiger partial charge in [0.05, 0.1) is 13.2 Å². The van der Waals surface area contributed by atoms with Gasteiger partial charge in [0.15, 0.2) is 0 Å². The summed E-state index contributed by atoms with van der Waals surface area (Å²) in [6.45, 7) is 1.58. The fraction of sp³-hybridized carbons (Fsp3) is 0.333. The Morgan fingerprint density at radius 3 is 2.83 bits per heavy atom. The summed E-state index contributed by atoms with van der Waals surface area (Å²) in [5.41, 5.74) is 1.26. The lowest BCUT2D eigenvalue weighted by atomic mass is 10.2. The molecule has 0 aromatic heterocycles. The fourth-order valence-electron chi connectivity index (χ4n) is 0.871. The minimum atomic E-state index is 0.736. The summed E-state index contributed by atoms with van der Waals surface area (Å²) in [5, 5.41) is 0. The molecule has 66 valence electrons. The molecule has 0 heterocycles. The Bertz CT molecular complexity index is 238. The fourth-order valence-corrected chi connectivity index (χ4v) is 1.79. The summed E-state index contributed by atoms with van der Waals surface area (Å²) < 4.78 is 7.74. The maximum Gasteiger partial charge on any atom is 0.0717 e. The molecule has 1 aromatic rings. The Morgan fingerprint density at radius 2 is 2.17 bits per heavy atom. The molecule has 0 bridgehead atoms. The Balaban J connectivity index is 2.41. The van der Waals surface area contributed by atoms with Crippen LogP contribution in [0, 0.1) is 3.57 Å². The molecule has 1 nitrogen and oxygen atoms in total. The zero-order valence-corrected chi connectivity index (χ0v) is 10.9. The topological polar surface area (TPSA) is 9.23 Å². The second kappa shape index (κ2) is 6.15. The van der Waals surface area contributed by atoms with E-state index in [-0.39, 0.29) is 0 Å². The standard InChI is InChI=1S/C9H10I2O/c10-4-5-12-7-8-2-1-3-9(11)6-8/h1-3,6H,4-5,7H2. The van der Waals surface area contributed by atoms with E-state index in [4.69, 9.17) is 4.74 Å². The molecular weight excluding hydrogens is 378 g/mol. The van der Waals surface area contributed by atoms with Crippen molar-refractivity contribution in [2.24, 2.45) is 0 Å². The van der Waals surface area contributed by atoms with E-state index in [2.05, 4.69) is 69.4 Å². The minimum Gasteiger partial charge on any atom is -0.376 e. The van der Waals surface area contributed by atoms with Crippen molar-refractivity contribution in [2.45, 2.75) is 6.61 Å². The first-order valence-electron chi connectivity index (χ1n) is 3.71. The summed E-state index contributed by atoms with van der Waals surface area (Å²) >= 11 is 4.62. The summed E-state index contributed by atoms with van der Waals surface area (Å²) in [5.74, 6) is 0. The number of ether oxygens (including phenoxy) is 1. The molecule has 0 aliphatic rings. The van der Waals surface area contributed by atoms with E-state index in [1.54, 1.807) is 0 Å². The van der Waals surface area contributed by atoms with Crippen molar-refractivity contribution in [3.63, 3.8) is 0 Å². The third-order valence-electron chi connectivity index (χ3n) is 1.38. The number of hydrogen-bond acceptors (Lipinski definition) is 1. The highest BCUT2D eigenvalue weighted by Crippen LogP contribution is 2.08. The van der Waals surface area contributed by atoms with Crippen LogP contribution in [0.3, 0.4) is 0 Å². The first-order valence-corrected chi connectivity index (χ1v) is 6.31. The number of alkyl halides is 1. The zero-order chi connectivity index (χ0) is 8.81. The average Bonchev–Trinajstić information content (AvgIpc) is 2.05. The average molecular weight is 388 g/mol. The number of hydrogen-bond donors (Lipinski definition) is 0. The zero-order valence-electron chi connectivity index (χ0n) is 6.59. The molecule has 0 saturated carbocycles. The van der Waals surface area contributed by atoms with Crippen molar-refractivity contribution < 1.29 is 4.74 Å². The van der Waals surface area contributed by atoms with E-state index in [0.29, 0.717) is 0 Å². The molecule has 0 atom stereocenters. The van der Waals surface area contributed by atoms with Crippen LogP contribution in [-0.2, 0) is 11.3 Å². The van der Waals surface area contributed by atoms with Crippen LogP contribution < -0.4 is 0 Å². The Hall–Kier alpha value is 0.640. The highest BCUT2D eigenvalue weighted by molar-refractivity contribution is 14.1. The van der Waals surface area contributed by atoms with Gasteiger partial charge in [0.1, 0.15) is 0 Å². The van der Waals surface area contributed by atoms with Crippen LogP contribution in [-0.4, -0.2) is 11.0 Å². The monoisotopic (exact) mass is 388 g/mol. The Kier molecular flexibility index (Phi) is 5.49. The molecule has 1 aromatic carbocycles. The molecule has 0 amide bonds. The molecule has 1 rings (SSSR count). The molecule has 0 radical (unpaired) electrons. The molecular formula is C9H10I2O. The molecule has 12 heavy (non-hydrogen) atoms. The molecule has 0 saturated heterocycles. The lowest BCUT2D eigenvalue weighted by Crippen LogP contribution is -1.95. The van der Waals surface area contributed by atoms with Crippen molar-refractivity contribution in [1.82, 2.24) is 0 Å². The number of halogens is 2. The highest BCUT2D eigenvalue weighted by atomic mass is 127. The highest BCUT2D eigenvalue weighted by Gasteiger charge is 1.92. The second-order valence-electron chi connectivity index (χ2n) is 2.37. The van der Waals surface area contributed by atoms with Gasteiger partial charge in [-0.05, 0) is 40.3 Å². The van der Waals surface area contributed by atoms with Gasteiger partial charge in [0, 0.05) is 8.00 Å². The van der Waals surface area contributed by atoms with Gasteiger partial charge in [-0.15, -0.1) is 0 Å². The van der Waals surface area contributed by atoms with Crippen molar-refractivity contribution >= 4 is 45.2 Å². The second-order valence-corrected chi connectivity index (χ2v) is 4.70. The molecule has 0 spiro atoms.